The fraction of sp³-hybridized carbons (Fsp3) is 0.385. The topological polar surface area (TPSA) is 78.9 Å². The van der Waals surface area contributed by atoms with Gasteiger partial charge in [-0.3, -0.25) is 4.79 Å². The summed E-state index contributed by atoms with van der Waals surface area (Å²) in [5.74, 6) is -0.129. The zero-order valence-electron chi connectivity index (χ0n) is 10.7. The van der Waals surface area contributed by atoms with Gasteiger partial charge in [-0.05, 0) is 31.0 Å². The maximum Gasteiger partial charge on any atom is 0.255 e. The zero-order chi connectivity index (χ0) is 14.7. The number of halogens is 2. The average molecular weight is 316 g/mol. The molecule has 0 radical (unpaired) electrons. The molecule has 1 atom stereocenters. The molecule has 108 valence electrons. The minimum atomic E-state index is -0.165. The lowest BCUT2D eigenvalue weighted by molar-refractivity contribution is 0.0701. The van der Waals surface area contributed by atoms with Gasteiger partial charge in [-0.25, -0.2) is 0 Å². The van der Waals surface area contributed by atoms with E-state index in [1.807, 2.05) is 0 Å². The molecule has 1 aromatic carbocycles. The normalized spacial score (nSPS) is 20.0. The lowest BCUT2D eigenvalue weighted by atomic mass is 9.96. The van der Waals surface area contributed by atoms with Crippen LogP contribution < -0.4 is 5.73 Å². The van der Waals surface area contributed by atoms with E-state index in [-0.39, 0.29) is 17.7 Å². The van der Waals surface area contributed by atoms with Crippen LogP contribution >= 0.6 is 23.2 Å². The molecule has 1 saturated heterocycles. The second kappa shape index (κ2) is 6.33. The van der Waals surface area contributed by atoms with Gasteiger partial charge in [0.05, 0.1) is 10.6 Å². The van der Waals surface area contributed by atoms with Crippen LogP contribution in [0.2, 0.25) is 10.0 Å². The molecule has 1 aliphatic heterocycles. The highest BCUT2D eigenvalue weighted by atomic mass is 35.5. The smallest absolute Gasteiger partial charge is 0.255 e. The van der Waals surface area contributed by atoms with Crippen LogP contribution in [0.25, 0.3) is 0 Å². The molecule has 1 unspecified atom stereocenters. The van der Waals surface area contributed by atoms with E-state index in [1.165, 1.54) is 0 Å². The number of hydrogen-bond donors (Lipinski definition) is 2. The number of nitrogens with two attached hydrogens (primary N) is 1. The third-order valence-electron chi connectivity index (χ3n) is 3.40. The number of hydrogen-bond acceptors (Lipinski definition) is 3. The summed E-state index contributed by atoms with van der Waals surface area (Å²) in [6.45, 7) is 1.06. The maximum atomic E-state index is 12.4. The largest absolute Gasteiger partial charge is 0.409 e. The van der Waals surface area contributed by atoms with E-state index in [2.05, 4.69) is 5.16 Å². The first-order chi connectivity index (χ1) is 9.52. The Morgan fingerprint density at radius 3 is 2.85 bits per heavy atom. The van der Waals surface area contributed by atoms with Gasteiger partial charge in [0, 0.05) is 24.0 Å². The number of benzene rings is 1. The SMILES string of the molecule is NC(=NO)C1CCCN(C(=O)c2ccc(Cl)cc2Cl)C1. The lowest BCUT2D eigenvalue weighted by Crippen LogP contribution is -2.44. The van der Waals surface area contributed by atoms with Gasteiger partial charge in [0.15, 0.2) is 0 Å². The van der Waals surface area contributed by atoms with E-state index in [1.54, 1.807) is 23.1 Å². The van der Waals surface area contributed by atoms with Gasteiger partial charge >= 0.3 is 0 Å². The number of likely N-dealkylation sites (tertiary alicyclic amines) is 1. The van der Waals surface area contributed by atoms with Crippen molar-refractivity contribution in [3.8, 4) is 0 Å². The first kappa shape index (κ1) is 14.9. The number of amides is 1. The van der Waals surface area contributed by atoms with Crippen LogP contribution in [-0.2, 0) is 0 Å². The number of carbonyl (C=O) groups is 1. The fourth-order valence-corrected chi connectivity index (χ4v) is 2.81. The quantitative estimate of drug-likeness (QED) is 0.381. The minimum Gasteiger partial charge on any atom is -0.409 e. The van der Waals surface area contributed by atoms with Gasteiger partial charge in [0.2, 0.25) is 0 Å². The second-order valence-corrected chi connectivity index (χ2v) is 5.58. The summed E-state index contributed by atoms with van der Waals surface area (Å²) < 4.78 is 0. The third kappa shape index (κ3) is 3.16. The van der Waals surface area contributed by atoms with E-state index in [0.29, 0.717) is 28.7 Å². The van der Waals surface area contributed by atoms with E-state index >= 15 is 0 Å². The summed E-state index contributed by atoms with van der Waals surface area (Å²) in [6, 6.07) is 4.78. The van der Waals surface area contributed by atoms with Crippen LogP contribution in [0.15, 0.2) is 23.4 Å². The van der Waals surface area contributed by atoms with Crippen molar-refractivity contribution in [2.24, 2.45) is 16.8 Å². The number of carbonyl (C=O) groups excluding carboxylic acids is 1. The van der Waals surface area contributed by atoms with Crippen molar-refractivity contribution in [2.45, 2.75) is 12.8 Å². The van der Waals surface area contributed by atoms with Crippen LogP contribution in [0.3, 0.4) is 0 Å². The van der Waals surface area contributed by atoms with E-state index in [9.17, 15) is 4.79 Å². The summed E-state index contributed by atoms with van der Waals surface area (Å²) in [5, 5.41) is 12.6. The Morgan fingerprint density at radius 1 is 1.45 bits per heavy atom. The highest BCUT2D eigenvalue weighted by Crippen LogP contribution is 2.25. The minimum absolute atomic E-state index is 0.122. The first-order valence-electron chi connectivity index (χ1n) is 6.24. The average Bonchev–Trinajstić information content (AvgIpc) is 2.46. The van der Waals surface area contributed by atoms with Crippen LogP contribution in [-0.4, -0.2) is 34.9 Å². The molecule has 0 saturated carbocycles. The van der Waals surface area contributed by atoms with Crippen molar-refractivity contribution in [1.29, 1.82) is 0 Å². The molecule has 1 amide bonds. The van der Waals surface area contributed by atoms with E-state index < -0.39 is 0 Å². The Morgan fingerprint density at radius 2 is 2.20 bits per heavy atom. The van der Waals surface area contributed by atoms with Crippen LogP contribution in [0.4, 0.5) is 0 Å². The molecule has 0 spiro atoms. The predicted octanol–water partition coefficient (Wildman–Crippen LogP) is 2.59. The van der Waals surface area contributed by atoms with Gasteiger partial charge in [-0.2, -0.15) is 0 Å². The molecule has 1 fully saturated rings. The molecule has 2 rings (SSSR count). The highest BCUT2D eigenvalue weighted by Gasteiger charge is 2.27. The van der Waals surface area contributed by atoms with Gasteiger partial charge in [-0.1, -0.05) is 28.4 Å². The predicted molar refractivity (Wildman–Crippen MR) is 78.5 cm³/mol. The van der Waals surface area contributed by atoms with Crippen LogP contribution in [0.5, 0.6) is 0 Å². The Hall–Kier alpha value is -1.46. The molecular weight excluding hydrogens is 301 g/mol. The van der Waals surface area contributed by atoms with Crippen molar-refractivity contribution >= 4 is 34.9 Å². The number of amidine groups is 1. The number of piperidine rings is 1. The molecule has 0 aromatic heterocycles. The van der Waals surface area contributed by atoms with Gasteiger partial charge in [0.25, 0.3) is 5.91 Å². The van der Waals surface area contributed by atoms with Crippen molar-refractivity contribution in [2.75, 3.05) is 13.1 Å². The maximum absolute atomic E-state index is 12.4. The third-order valence-corrected chi connectivity index (χ3v) is 3.95. The standard InChI is InChI=1S/C13H15Cl2N3O2/c14-9-3-4-10(11(15)6-9)13(19)18-5-1-2-8(7-18)12(16)17-20/h3-4,6,8,20H,1-2,5,7H2,(H2,16,17). The Labute approximate surface area is 126 Å². The van der Waals surface area contributed by atoms with Crippen molar-refractivity contribution < 1.29 is 10.0 Å². The lowest BCUT2D eigenvalue weighted by Gasteiger charge is -2.32. The molecular formula is C13H15Cl2N3O2. The van der Waals surface area contributed by atoms with Crippen LogP contribution in [0.1, 0.15) is 23.2 Å². The Kier molecular flexibility index (Phi) is 4.73. The molecule has 1 heterocycles. The van der Waals surface area contributed by atoms with Gasteiger partial charge in [-0.15, -0.1) is 0 Å². The fourth-order valence-electron chi connectivity index (χ4n) is 2.32. The second-order valence-electron chi connectivity index (χ2n) is 4.74. The number of oxime groups is 1. The molecule has 1 aromatic rings. The highest BCUT2D eigenvalue weighted by molar-refractivity contribution is 6.36. The van der Waals surface area contributed by atoms with E-state index in [4.69, 9.17) is 34.1 Å². The number of nitrogens with zero attached hydrogens (tertiary/aromatic N) is 2. The molecule has 5 nitrogen and oxygen atoms in total. The first-order valence-corrected chi connectivity index (χ1v) is 7.00. The molecule has 7 heteroatoms. The molecule has 3 N–H and O–H groups in total. The van der Waals surface area contributed by atoms with Crippen LogP contribution in [0, 0.1) is 5.92 Å². The molecule has 1 aliphatic rings. The monoisotopic (exact) mass is 315 g/mol. The van der Waals surface area contributed by atoms with Crippen molar-refractivity contribution in [3.05, 3.63) is 33.8 Å². The summed E-state index contributed by atoms with van der Waals surface area (Å²) in [5.41, 5.74) is 6.03. The summed E-state index contributed by atoms with van der Waals surface area (Å²) in [6.07, 6.45) is 1.60. The van der Waals surface area contributed by atoms with Gasteiger partial charge in [0.1, 0.15) is 5.84 Å². The Balaban J connectivity index is 2.16. The van der Waals surface area contributed by atoms with Gasteiger partial charge < -0.3 is 15.8 Å². The molecule has 0 bridgehead atoms. The number of rotatable bonds is 2. The molecule has 20 heavy (non-hydrogen) atoms. The van der Waals surface area contributed by atoms with Crippen molar-refractivity contribution in [1.82, 2.24) is 4.90 Å². The van der Waals surface area contributed by atoms with Crippen molar-refractivity contribution in [3.63, 3.8) is 0 Å². The summed E-state index contributed by atoms with van der Waals surface area (Å²) in [7, 11) is 0. The summed E-state index contributed by atoms with van der Waals surface area (Å²) >= 11 is 11.9. The van der Waals surface area contributed by atoms with E-state index in [0.717, 1.165) is 12.8 Å². The summed E-state index contributed by atoms with van der Waals surface area (Å²) in [4.78, 5) is 14.1. The zero-order valence-corrected chi connectivity index (χ0v) is 12.2. The Bertz CT molecular complexity index is 548. The molecule has 0 aliphatic carbocycles.